The lowest BCUT2D eigenvalue weighted by Gasteiger charge is -2.19. The Bertz CT molecular complexity index is 554. The molecule has 1 heterocycles. The number of aromatic nitrogens is 2. The van der Waals surface area contributed by atoms with E-state index in [1.807, 2.05) is 47.1 Å². The van der Waals surface area contributed by atoms with Gasteiger partial charge in [0, 0.05) is 39.4 Å². The minimum absolute atomic E-state index is 0. The first-order valence-corrected chi connectivity index (χ1v) is 8.76. The number of aliphatic imine (C=N–C) groups is 1. The molecule has 150 valence electrons. The number of ether oxygens (including phenoxy) is 1. The molecular weight excluding hydrogens is 447 g/mol. The molecule has 0 unspecified atom stereocenters. The molecular formula is C17H33IN6O2. The number of rotatable bonds is 8. The maximum absolute atomic E-state index is 11.5. The molecule has 8 nitrogen and oxygen atoms in total. The Hall–Kier alpha value is -1.52. The van der Waals surface area contributed by atoms with Crippen LogP contribution in [0.25, 0.3) is 0 Å². The molecule has 1 aromatic heterocycles. The maximum Gasteiger partial charge on any atom is 0.407 e. The number of nitrogens with zero attached hydrogens (tertiary/aromatic N) is 3. The van der Waals surface area contributed by atoms with Crippen LogP contribution in [0.2, 0.25) is 0 Å². The highest BCUT2D eigenvalue weighted by Crippen LogP contribution is 2.06. The van der Waals surface area contributed by atoms with Crippen LogP contribution in [0.5, 0.6) is 0 Å². The van der Waals surface area contributed by atoms with Gasteiger partial charge in [-0.05, 0) is 46.1 Å². The number of hydrogen-bond acceptors (Lipinski definition) is 4. The highest BCUT2D eigenvalue weighted by atomic mass is 127. The Morgan fingerprint density at radius 3 is 2.58 bits per heavy atom. The van der Waals surface area contributed by atoms with Crippen LogP contribution < -0.4 is 16.0 Å². The molecule has 0 aromatic carbocycles. The van der Waals surface area contributed by atoms with E-state index < -0.39 is 11.7 Å². The molecule has 0 saturated carbocycles. The summed E-state index contributed by atoms with van der Waals surface area (Å²) in [5.74, 6) is 0.781. The monoisotopic (exact) mass is 480 g/mol. The predicted molar refractivity (Wildman–Crippen MR) is 115 cm³/mol. The molecule has 3 N–H and O–H groups in total. The molecule has 0 aliphatic rings. The highest BCUT2D eigenvalue weighted by Gasteiger charge is 2.15. The second-order valence-electron chi connectivity index (χ2n) is 6.74. The molecule has 0 spiro atoms. The molecule has 1 amide bonds. The molecule has 0 aliphatic heterocycles. The molecule has 1 rings (SSSR count). The van der Waals surface area contributed by atoms with Crippen LogP contribution in [0.3, 0.4) is 0 Å². The molecule has 0 radical (unpaired) electrons. The summed E-state index contributed by atoms with van der Waals surface area (Å²) in [7, 11) is 1.91. The van der Waals surface area contributed by atoms with Crippen LogP contribution in [-0.4, -0.2) is 53.6 Å². The largest absolute Gasteiger partial charge is 0.444 e. The molecule has 0 fully saturated rings. The number of hydrogen-bond donors (Lipinski definition) is 3. The van der Waals surface area contributed by atoms with E-state index in [4.69, 9.17) is 4.74 Å². The van der Waals surface area contributed by atoms with Crippen molar-refractivity contribution in [2.45, 2.75) is 46.1 Å². The van der Waals surface area contributed by atoms with Crippen molar-refractivity contribution in [2.75, 3.05) is 26.2 Å². The van der Waals surface area contributed by atoms with Crippen molar-refractivity contribution in [1.29, 1.82) is 0 Å². The van der Waals surface area contributed by atoms with Crippen molar-refractivity contribution in [2.24, 2.45) is 12.0 Å². The van der Waals surface area contributed by atoms with E-state index in [0.29, 0.717) is 13.1 Å². The minimum atomic E-state index is -0.474. The Morgan fingerprint density at radius 1 is 1.27 bits per heavy atom. The summed E-state index contributed by atoms with van der Waals surface area (Å²) in [4.78, 5) is 16.0. The number of carbonyl (C=O) groups is 1. The Balaban J connectivity index is 0.00000625. The lowest BCUT2D eigenvalue weighted by Crippen LogP contribution is -2.38. The van der Waals surface area contributed by atoms with E-state index in [0.717, 1.165) is 31.9 Å². The van der Waals surface area contributed by atoms with Crippen molar-refractivity contribution in [1.82, 2.24) is 25.7 Å². The zero-order valence-corrected chi connectivity index (χ0v) is 18.8. The molecule has 0 bridgehead atoms. The van der Waals surface area contributed by atoms with Crippen molar-refractivity contribution in [3.8, 4) is 0 Å². The van der Waals surface area contributed by atoms with Crippen LogP contribution in [-0.2, 0) is 18.2 Å². The summed E-state index contributed by atoms with van der Waals surface area (Å²) in [6.07, 6.45) is 5.12. The van der Waals surface area contributed by atoms with Gasteiger partial charge in [0.25, 0.3) is 0 Å². The van der Waals surface area contributed by atoms with Gasteiger partial charge in [0.05, 0.1) is 6.20 Å². The number of amides is 1. The van der Waals surface area contributed by atoms with E-state index >= 15 is 0 Å². The number of nitrogens with one attached hydrogen (secondary N) is 3. The SMILES string of the molecule is CCNC(=NCCCNC(=O)OC(C)(C)C)NCCc1cnn(C)c1.I. The number of guanidine groups is 1. The summed E-state index contributed by atoms with van der Waals surface area (Å²) in [6, 6.07) is 0. The van der Waals surface area contributed by atoms with Crippen LogP contribution in [0, 0.1) is 0 Å². The van der Waals surface area contributed by atoms with Gasteiger partial charge in [0.15, 0.2) is 5.96 Å². The summed E-state index contributed by atoms with van der Waals surface area (Å²) < 4.78 is 6.98. The summed E-state index contributed by atoms with van der Waals surface area (Å²) >= 11 is 0. The molecule has 0 atom stereocenters. The van der Waals surface area contributed by atoms with E-state index in [1.54, 1.807) is 4.68 Å². The maximum atomic E-state index is 11.5. The smallest absolute Gasteiger partial charge is 0.407 e. The van der Waals surface area contributed by atoms with Gasteiger partial charge in [0.2, 0.25) is 0 Å². The van der Waals surface area contributed by atoms with E-state index in [9.17, 15) is 4.79 Å². The number of halogens is 1. The Kier molecular flexibility index (Phi) is 12.0. The van der Waals surface area contributed by atoms with Crippen LogP contribution in [0.1, 0.15) is 39.7 Å². The van der Waals surface area contributed by atoms with Gasteiger partial charge >= 0.3 is 6.09 Å². The Morgan fingerprint density at radius 2 is 2.00 bits per heavy atom. The fourth-order valence-electron chi connectivity index (χ4n) is 2.04. The minimum Gasteiger partial charge on any atom is -0.444 e. The molecule has 26 heavy (non-hydrogen) atoms. The van der Waals surface area contributed by atoms with Gasteiger partial charge in [-0.2, -0.15) is 5.10 Å². The van der Waals surface area contributed by atoms with Gasteiger partial charge in [-0.15, -0.1) is 24.0 Å². The molecule has 0 saturated heterocycles. The first-order valence-electron chi connectivity index (χ1n) is 8.76. The van der Waals surface area contributed by atoms with Crippen molar-refractivity contribution in [3.05, 3.63) is 18.0 Å². The van der Waals surface area contributed by atoms with Gasteiger partial charge in [-0.3, -0.25) is 9.67 Å². The van der Waals surface area contributed by atoms with Crippen molar-refractivity contribution < 1.29 is 9.53 Å². The second kappa shape index (κ2) is 12.8. The highest BCUT2D eigenvalue weighted by molar-refractivity contribution is 14.0. The fraction of sp³-hybridized carbons (Fsp3) is 0.706. The Labute approximate surface area is 173 Å². The van der Waals surface area contributed by atoms with Gasteiger partial charge in [-0.1, -0.05) is 0 Å². The average molecular weight is 480 g/mol. The average Bonchev–Trinajstić information content (AvgIpc) is 2.90. The summed E-state index contributed by atoms with van der Waals surface area (Å²) in [6.45, 7) is 10.3. The second-order valence-corrected chi connectivity index (χ2v) is 6.74. The number of aryl methyl sites for hydroxylation is 1. The topological polar surface area (TPSA) is 92.6 Å². The summed E-state index contributed by atoms with van der Waals surface area (Å²) in [5.41, 5.74) is 0.714. The van der Waals surface area contributed by atoms with Crippen LogP contribution in [0.15, 0.2) is 17.4 Å². The standard InChI is InChI=1S/C17H32N6O2.HI/c1-6-18-15(20-11-8-14-12-22-23(5)13-14)19-9-7-10-21-16(24)25-17(2,3)4;/h12-13H,6-11H2,1-5H3,(H,21,24)(H2,18,19,20);1H. The predicted octanol–water partition coefficient (Wildman–Crippen LogP) is 2.05. The normalized spacial score (nSPS) is 11.5. The quantitative estimate of drug-likeness (QED) is 0.229. The fourth-order valence-corrected chi connectivity index (χ4v) is 2.04. The first-order chi connectivity index (χ1) is 11.8. The van der Waals surface area contributed by atoms with Gasteiger partial charge < -0.3 is 20.7 Å². The number of alkyl carbamates (subject to hydrolysis) is 1. The van der Waals surface area contributed by atoms with E-state index in [-0.39, 0.29) is 24.0 Å². The summed E-state index contributed by atoms with van der Waals surface area (Å²) in [5, 5.41) is 13.4. The lowest BCUT2D eigenvalue weighted by atomic mass is 10.2. The van der Waals surface area contributed by atoms with E-state index in [1.165, 1.54) is 5.56 Å². The lowest BCUT2D eigenvalue weighted by molar-refractivity contribution is 0.0527. The third-order valence-corrected chi connectivity index (χ3v) is 3.08. The first kappa shape index (κ1) is 24.5. The third kappa shape index (κ3) is 11.9. The van der Waals surface area contributed by atoms with Crippen LogP contribution in [0.4, 0.5) is 4.79 Å². The third-order valence-electron chi connectivity index (χ3n) is 3.08. The zero-order chi connectivity index (χ0) is 18.7. The zero-order valence-electron chi connectivity index (χ0n) is 16.5. The van der Waals surface area contributed by atoms with Crippen LogP contribution >= 0.6 is 24.0 Å². The van der Waals surface area contributed by atoms with Crippen molar-refractivity contribution >= 4 is 36.0 Å². The van der Waals surface area contributed by atoms with Gasteiger partial charge in [-0.25, -0.2) is 4.79 Å². The van der Waals surface area contributed by atoms with E-state index in [2.05, 4.69) is 26.0 Å². The molecule has 0 aliphatic carbocycles. The number of carbonyl (C=O) groups excluding carboxylic acids is 1. The van der Waals surface area contributed by atoms with Crippen molar-refractivity contribution in [3.63, 3.8) is 0 Å². The van der Waals surface area contributed by atoms with Gasteiger partial charge in [0.1, 0.15) is 5.60 Å². The molecule has 9 heteroatoms. The molecule has 1 aromatic rings.